The van der Waals surface area contributed by atoms with E-state index in [9.17, 15) is 13.2 Å². The van der Waals surface area contributed by atoms with E-state index in [0.29, 0.717) is 11.3 Å². The first-order valence-electron chi connectivity index (χ1n) is 8.32. The molecule has 0 spiro atoms. The van der Waals surface area contributed by atoms with Crippen LogP contribution in [-0.4, -0.2) is 4.98 Å². The molecule has 1 aromatic carbocycles. The van der Waals surface area contributed by atoms with Gasteiger partial charge in [-0.2, -0.15) is 13.2 Å². The van der Waals surface area contributed by atoms with Crippen molar-refractivity contribution in [3.05, 3.63) is 65.5 Å². The molecule has 0 saturated heterocycles. The van der Waals surface area contributed by atoms with Crippen molar-refractivity contribution in [2.24, 2.45) is 5.73 Å². The summed E-state index contributed by atoms with van der Waals surface area (Å²) in [7, 11) is 0. The minimum Gasteiger partial charge on any atom is -0.319 e. The molecule has 0 aliphatic rings. The van der Waals surface area contributed by atoms with Gasteiger partial charge in [0.1, 0.15) is 0 Å². The molecule has 0 radical (unpaired) electrons. The maximum absolute atomic E-state index is 12.4. The van der Waals surface area contributed by atoms with E-state index in [1.54, 1.807) is 24.4 Å². The molecular weight excluding hydrogens is 313 g/mol. The van der Waals surface area contributed by atoms with Crippen LogP contribution in [0.25, 0.3) is 0 Å². The number of halogens is 3. The van der Waals surface area contributed by atoms with Crippen molar-refractivity contribution in [3.63, 3.8) is 0 Å². The van der Waals surface area contributed by atoms with E-state index in [0.717, 1.165) is 12.1 Å². The molecule has 2 rings (SSSR count). The Morgan fingerprint density at radius 3 is 1.71 bits per heavy atom. The van der Waals surface area contributed by atoms with Crippen LogP contribution in [0.5, 0.6) is 0 Å². The van der Waals surface area contributed by atoms with Gasteiger partial charge in [-0.15, -0.1) is 0 Å². The zero-order chi connectivity index (χ0) is 19.2. The molecular formula is C19H29F3N2. The van der Waals surface area contributed by atoms with Crippen molar-refractivity contribution in [2.75, 3.05) is 0 Å². The molecule has 136 valence electrons. The highest BCUT2D eigenvalue weighted by molar-refractivity contribution is 5.31. The standard InChI is InChI=1S/C13H11F3N2.3C2H6/c14-13(15,16)10-6-4-9(5-7-10)12(17)11-3-1-2-8-18-11;3*1-2/h1-8,12H,17H2;3*1-2H3. The number of pyridine rings is 1. The summed E-state index contributed by atoms with van der Waals surface area (Å²) in [6, 6.07) is 9.56. The molecule has 1 aromatic heterocycles. The largest absolute Gasteiger partial charge is 0.416 e. The van der Waals surface area contributed by atoms with Gasteiger partial charge in [-0.1, -0.05) is 59.7 Å². The molecule has 1 heterocycles. The van der Waals surface area contributed by atoms with Gasteiger partial charge >= 0.3 is 6.18 Å². The summed E-state index contributed by atoms with van der Waals surface area (Å²) >= 11 is 0. The molecule has 2 nitrogen and oxygen atoms in total. The summed E-state index contributed by atoms with van der Waals surface area (Å²) in [4.78, 5) is 4.08. The predicted octanol–water partition coefficient (Wildman–Crippen LogP) is 6.23. The van der Waals surface area contributed by atoms with Gasteiger partial charge < -0.3 is 5.73 Å². The number of benzene rings is 1. The summed E-state index contributed by atoms with van der Waals surface area (Å²) in [5.74, 6) is 0. The van der Waals surface area contributed by atoms with Gasteiger partial charge in [-0.05, 0) is 29.8 Å². The molecule has 1 atom stereocenters. The lowest BCUT2D eigenvalue weighted by Crippen LogP contribution is -2.14. The third-order valence-corrected chi connectivity index (χ3v) is 2.60. The Hall–Kier alpha value is -1.88. The first-order valence-corrected chi connectivity index (χ1v) is 8.32. The number of alkyl halides is 3. The monoisotopic (exact) mass is 342 g/mol. The SMILES string of the molecule is CC.CC.CC.NC(c1ccc(C(F)(F)F)cc1)c1ccccn1. The van der Waals surface area contributed by atoms with E-state index in [2.05, 4.69) is 4.98 Å². The van der Waals surface area contributed by atoms with E-state index in [4.69, 9.17) is 5.73 Å². The first-order chi connectivity index (χ1) is 11.5. The maximum Gasteiger partial charge on any atom is 0.416 e. The summed E-state index contributed by atoms with van der Waals surface area (Å²) < 4.78 is 37.2. The number of nitrogens with two attached hydrogens (primary N) is 1. The lowest BCUT2D eigenvalue weighted by atomic mass is 10.0. The van der Waals surface area contributed by atoms with Gasteiger partial charge in [0, 0.05) is 6.20 Å². The molecule has 0 aliphatic carbocycles. The van der Waals surface area contributed by atoms with Gasteiger partial charge in [-0.3, -0.25) is 4.98 Å². The van der Waals surface area contributed by atoms with E-state index < -0.39 is 17.8 Å². The Kier molecular flexibility index (Phi) is 13.8. The van der Waals surface area contributed by atoms with Crippen molar-refractivity contribution in [1.82, 2.24) is 4.98 Å². The van der Waals surface area contributed by atoms with E-state index in [1.807, 2.05) is 41.5 Å². The first kappa shape index (κ1) is 24.4. The van der Waals surface area contributed by atoms with Crippen LogP contribution in [-0.2, 0) is 6.18 Å². The highest BCUT2D eigenvalue weighted by atomic mass is 19.4. The van der Waals surface area contributed by atoms with Gasteiger partial charge in [0.2, 0.25) is 0 Å². The molecule has 2 aromatic rings. The van der Waals surface area contributed by atoms with Crippen molar-refractivity contribution in [3.8, 4) is 0 Å². The fraction of sp³-hybridized carbons (Fsp3) is 0.421. The Labute approximate surface area is 143 Å². The summed E-state index contributed by atoms with van der Waals surface area (Å²) in [5.41, 5.74) is 6.47. The molecule has 0 bridgehead atoms. The Balaban J connectivity index is 0. The molecule has 5 heteroatoms. The average Bonchev–Trinajstić information content (AvgIpc) is 2.66. The molecule has 2 N–H and O–H groups in total. The van der Waals surface area contributed by atoms with E-state index in [1.165, 1.54) is 12.1 Å². The molecule has 0 aliphatic heterocycles. The minimum atomic E-state index is -4.33. The lowest BCUT2D eigenvalue weighted by Gasteiger charge is -2.13. The van der Waals surface area contributed by atoms with Crippen molar-refractivity contribution >= 4 is 0 Å². The third-order valence-electron chi connectivity index (χ3n) is 2.60. The smallest absolute Gasteiger partial charge is 0.319 e. The van der Waals surface area contributed by atoms with Crippen LogP contribution in [0.3, 0.4) is 0 Å². The van der Waals surface area contributed by atoms with Crippen molar-refractivity contribution < 1.29 is 13.2 Å². The van der Waals surface area contributed by atoms with Gasteiger partial charge in [0.15, 0.2) is 0 Å². The van der Waals surface area contributed by atoms with Crippen LogP contribution < -0.4 is 5.73 Å². The van der Waals surface area contributed by atoms with Crippen LogP contribution in [0.15, 0.2) is 48.7 Å². The minimum absolute atomic E-state index is 0.520. The number of hydrogen-bond acceptors (Lipinski definition) is 2. The predicted molar refractivity (Wildman–Crippen MR) is 95.8 cm³/mol. The Morgan fingerprint density at radius 1 is 0.833 bits per heavy atom. The zero-order valence-corrected chi connectivity index (χ0v) is 15.4. The van der Waals surface area contributed by atoms with Gasteiger partial charge in [0.05, 0.1) is 17.3 Å². The summed E-state index contributed by atoms with van der Waals surface area (Å²) in [5, 5.41) is 0. The second kappa shape index (κ2) is 13.5. The molecule has 0 amide bonds. The van der Waals surface area contributed by atoms with Crippen LogP contribution in [0.2, 0.25) is 0 Å². The maximum atomic E-state index is 12.4. The second-order valence-electron chi connectivity index (χ2n) is 3.85. The fourth-order valence-electron chi connectivity index (χ4n) is 1.61. The molecule has 0 saturated carbocycles. The van der Waals surface area contributed by atoms with Crippen molar-refractivity contribution in [2.45, 2.75) is 53.8 Å². The Morgan fingerprint density at radius 2 is 1.33 bits per heavy atom. The molecule has 0 fully saturated rings. The third kappa shape index (κ3) is 8.11. The molecule has 1 unspecified atom stereocenters. The van der Waals surface area contributed by atoms with Gasteiger partial charge in [-0.25, -0.2) is 0 Å². The van der Waals surface area contributed by atoms with Gasteiger partial charge in [0.25, 0.3) is 0 Å². The highest BCUT2D eigenvalue weighted by Crippen LogP contribution is 2.30. The molecule has 24 heavy (non-hydrogen) atoms. The number of hydrogen-bond donors (Lipinski definition) is 1. The average molecular weight is 342 g/mol. The lowest BCUT2D eigenvalue weighted by molar-refractivity contribution is -0.137. The van der Waals surface area contributed by atoms with Crippen LogP contribution in [0, 0.1) is 0 Å². The van der Waals surface area contributed by atoms with E-state index >= 15 is 0 Å². The topological polar surface area (TPSA) is 38.9 Å². The number of aromatic nitrogens is 1. The summed E-state index contributed by atoms with van der Waals surface area (Å²) in [6.45, 7) is 12.0. The van der Waals surface area contributed by atoms with Crippen LogP contribution >= 0.6 is 0 Å². The number of rotatable bonds is 2. The van der Waals surface area contributed by atoms with Crippen LogP contribution in [0.1, 0.15) is 64.4 Å². The van der Waals surface area contributed by atoms with Crippen molar-refractivity contribution in [1.29, 1.82) is 0 Å². The number of nitrogens with zero attached hydrogens (tertiary/aromatic N) is 1. The quantitative estimate of drug-likeness (QED) is 0.703. The highest BCUT2D eigenvalue weighted by Gasteiger charge is 2.30. The van der Waals surface area contributed by atoms with Crippen LogP contribution in [0.4, 0.5) is 13.2 Å². The van der Waals surface area contributed by atoms with E-state index in [-0.39, 0.29) is 0 Å². The normalized spacial score (nSPS) is 10.8. The second-order valence-corrected chi connectivity index (χ2v) is 3.85. The fourth-order valence-corrected chi connectivity index (χ4v) is 1.61. The Bertz CT molecular complexity index is 508. The summed E-state index contributed by atoms with van der Waals surface area (Å²) in [6.07, 6.45) is -2.73. The zero-order valence-electron chi connectivity index (χ0n) is 15.4.